The monoisotopic (exact) mass is 211 g/mol. The average Bonchev–Trinajstić information content (AvgIpc) is 2.16. The third kappa shape index (κ3) is 1.88. The maximum Gasteiger partial charge on any atom is 0.289 e. The van der Waals surface area contributed by atoms with Gasteiger partial charge in [0, 0.05) is 12.1 Å². The molecule has 1 rings (SSSR count). The summed E-state index contributed by atoms with van der Waals surface area (Å²) in [4.78, 5) is 30.0. The van der Waals surface area contributed by atoms with Gasteiger partial charge in [-0.1, -0.05) is 0 Å². The fourth-order valence-electron chi connectivity index (χ4n) is 1.09. The highest BCUT2D eigenvalue weighted by Crippen LogP contribution is 2.27. The second kappa shape index (κ2) is 3.70. The second-order valence-electron chi connectivity index (χ2n) is 2.55. The number of nitro groups is 2. The lowest BCUT2D eigenvalue weighted by molar-refractivity contribution is -0.394. The molecule has 0 bridgehead atoms. The number of carbonyl (C=O) groups excluding carboxylic acids is 1. The van der Waals surface area contributed by atoms with Crippen molar-refractivity contribution in [1.82, 2.24) is 0 Å². The van der Waals surface area contributed by atoms with Crippen LogP contribution < -0.4 is 5.73 Å². The van der Waals surface area contributed by atoms with E-state index < -0.39 is 32.7 Å². The minimum absolute atomic E-state index is 0.670. The van der Waals surface area contributed by atoms with Crippen molar-refractivity contribution in [3.05, 3.63) is 44.0 Å². The van der Waals surface area contributed by atoms with Crippen molar-refractivity contribution in [2.24, 2.45) is 5.73 Å². The minimum Gasteiger partial charge on any atom is -0.365 e. The SMILES string of the molecule is NC(=O)c1c([N+](=O)[O-])cccc1[N+](=O)[O-]. The number of carbonyl (C=O) groups is 1. The van der Waals surface area contributed by atoms with E-state index in [4.69, 9.17) is 5.73 Å². The van der Waals surface area contributed by atoms with Crippen LogP contribution in [-0.2, 0) is 0 Å². The van der Waals surface area contributed by atoms with E-state index in [1.54, 1.807) is 0 Å². The van der Waals surface area contributed by atoms with Gasteiger partial charge < -0.3 is 5.73 Å². The summed E-state index contributed by atoms with van der Waals surface area (Å²) >= 11 is 0. The van der Waals surface area contributed by atoms with Gasteiger partial charge in [-0.15, -0.1) is 0 Å². The molecule has 1 aromatic carbocycles. The van der Waals surface area contributed by atoms with Gasteiger partial charge in [-0.3, -0.25) is 25.0 Å². The molecule has 8 heteroatoms. The van der Waals surface area contributed by atoms with Crippen LogP contribution >= 0.6 is 0 Å². The summed E-state index contributed by atoms with van der Waals surface area (Å²) in [6.45, 7) is 0. The van der Waals surface area contributed by atoms with Gasteiger partial charge in [-0.2, -0.15) is 0 Å². The molecule has 0 spiro atoms. The summed E-state index contributed by atoms with van der Waals surface area (Å²) in [6, 6.07) is 3.07. The number of nitrogens with two attached hydrogens (primary N) is 1. The highest BCUT2D eigenvalue weighted by Gasteiger charge is 2.28. The smallest absolute Gasteiger partial charge is 0.289 e. The zero-order valence-corrected chi connectivity index (χ0v) is 7.25. The Bertz CT molecular complexity index is 424. The molecule has 0 radical (unpaired) electrons. The lowest BCUT2D eigenvalue weighted by atomic mass is 10.1. The highest BCUT2D eigenvalue weighted by molar-refractivity contribution is 6.00. The van der Waals surface area contributed by atoms with E-state index >= 15 is 0 Å². The number of nitrogens with zero attached hydrogens (tertiary/aromatic N) is 2. The maximum atomic E-state index is 10.9. The number of primary amides is 1. The van der Waals surface area contributed by atoms with Crippen molar-refractivity contribution < 1.29 is 14.6 Å². The molecule has 0 atom stereocenters. The first kappa shape index (κ1) is 10.6. The Hall–Kier alpha value is -2.51. The van der Waals surface area contributed by atoms with Crippen LogP contribution in [0.5, 0.6) is 0 Å². The number of hydrogen-bond acceptors (Lipinski definition) is 5. The summed E-state index contributed by atoms with van der Waals surface area (Å²) < 4.78 is 0. The van der Waals surface area contributed by atoms with E-state index in [0.29, 0.717) is 0 Å². The molecule has 0 saturated heterocycles. The van der Waals surface area contributed by atoms with Gasteiger partial charge in [0.2, 0.25) is 0 Å². The van der Waals surface area contributed by atoms with Crippen LogP contribution in [0.3, 0.4) is 0 Å². The topological polar surface area (TPSA) is 129 Å². The fourth-order valence-corrected chi connectivity index (χ4v) is 1.09. The van der Waals surface area contributed by atoms with Crippen LogP contribution in [0.4, 0.5) is 11.4 Å². The van der Waals surface area contributed by atoms with Gasteiger partial charge in [0.25, 0.3) is 17.3 Å². The third-order valence-electron chi connectivity index (χ3n) is 1.66. The Kier molecular flexibility index (Phi) is 2.61. The van der Waals surface area contributed by atoms with Crippen molar-refractivity contribution in [3.63, 3.8) is 0 Å². The number of benzene rings is 1. The normalized spacial score (nSPS) is 9.60. The van der Waals surface area contributed by atoms with Gasteiger partial charge in [0.05, 0.1) is 9.85 Å². The molecule has 2 N–H and O–H groups in total. The Balaban J connectivity index is 3.56. The summed E-state index contributed by atoms with van der Waals surface area (Å²) in [5.74, 6) is -1.20. The van der Waals surface area contributed by atoms with E-state index in [1.807, 2.05) is 0 Å². The van der Waals surface area contributed by atoms with Crippen LogP contribution in [0.25, 0.3) is 0 Å². The van der Waals surface area contributed by atoms with Crippen molar-refractivity contribution in [2.75, 3.05) is 0 Å². The molecule has 0 fully saturated rings. The molecule has 8 nitrogen and oxygen atoms in total. The molecular formula is C7H5N3O5. The van der Waals surface area contributed by atoms with E-state index in [9.17, 15) is 25.0 Å². The summed E-state index contributed by atoms with van der Waals surface area (Å²) in [5.41, 5.74) is 2.82. The fraction of sp³-hybridized carbons (Fsp3) is 0. The Morgan fingerprint density at radius 1 is 1.13 bits per heavy atom. The lowest BCUT2D eigenvalue weighted by Crippen LogP contribution is -2.15. The number of amides is 1. The first-order valence-corrected chi connectivity index (χ1v) is 3.66. The zero-order valence-electron chi connectivity index (χ0n) is 7.25. The van der Waals surface area contributed by atoms with Crippen LogP contribution in [0.2, 0.25) is 0 Å². The van der Waals surface area contributed by atoms with Gasteiger partial charge in [-0.25, -0.2) is 0 Å². The second-order valence-corrected chi connectivity index (χ2v) is 2.55. The quantitative estimate of drug-likeness (QED) is 0.577. The van der Waals surface area contributed by atoms with Crippen LogP contribution in [0.1, 0.15) is 10.4 Å². The number of nitro benzene ring substituents is 2. The highest BCUT2D eigenvalue weighted by atomic mass is 16.6. The predicted molar refractivity (Wildman–Crippen MR) is 48.3 cm³/mol. The Labute approximate surface area is 82.6 Å². The molecule has 0 aliphatic carbocycles. The van der Waals surface area contributed by atoms with Crippen molar-refractivity contribution in [2.45, 2.75) is 0 Å². The summed E-state index contributed by atoms with van der Waals surface area (Å²) in [6.07, 6.45) is 0. The molecule has 1 aromatic rings. The van der Waals surface area contributed by atoms with Crippen molar-refractivity contribution >= 4 is 17.3 Å². The molecule has 0 aliphatic rings. The molecule has 0 unspecified atom stereocenters. The third-order valence-corrected chi connectivity index (χ3v) is 1.66. The molecule has 0 aliphatic heterocycles. The van der Waals surface area contributed by atoms with Gasteiger partial charge in [0.15, 0.2) is 5.56 Å². The summed E-state index contributed by atoms with van der Waals surface area (Å²) in [7, 11) is 0. The zero-order chi connectivity index (χ0) is 11.6. The van der Waals surface area contributed by atoms with Crippen LogP contribution in [-0.4, -0.2) is 15.8 Å². The number of rotatable bonds is 3. The minimum atomic E-state index is -1.20. The van der Waals surface area contributed by atoms with E-state index in [-0.39, 0.29) is 0 Å². The van der Waals surface area contributed by atoms with Gasteiger partial charge in [-0.05, 0) is 6.07 Å². The van der Waals surface area contributed by atoms with Gasteiger partial charge in [0.1, 0.15) is 0 Å². The van der Waals surface area contributed by atoms with Crippen LogP contribution in [0, 0.1) is 20.2 Å². The van der Waals surface area contributed by atoms with Crippen molar-refractivity contribution in [3.8, 4) is 0 Å². The lowest BCUT2D eigenvalue weighted by Gasteiger charge is -1.99. The molecule has 1 amide bonds. The maximum absolute atomic E-state index is 10.9. The molecular weight excluding hydrogens is 206 g/mol. The molecule has 0 aromatic heterocycles. The van der Waals surface area contributed by atoms with Crippen LogP contribution in [0.15, 0.2) is 18.2 Å². The molecule has 78 valence electrons. The largest absolute Gasteiger partial charge is 0.365 e. The predicted octanol–water partition coefficient (Wildman–Crippen LogP) is 0.602. The Morgan fingerprint density at radius 3 is 1.80 bits per heavy atom. The Morgan fingerprint density at radius 2 is 1.53 bits per heavy atom. The van der Waals surface area contributed by atoms with Gasteiger partial charge >= 0.3 is 0 Å². The molecule has 15 heavy (non-hydrogen) atoms. The standard InChI is InChI=1S/C7H5N3O5/c8-7(11)6-4(9(12)13)2-1-3-5(6)10(14)15/h1-3H,(H2,8,11). The summed E-state index contributed by atoms with van der Waals surface area (Å²) in [5, 5.41) is 21.0. The molecule has 0 heterocycles. The van der Waals surface area contributed by atoms with Crippen molar-refractivity contribution in [1.29, 1.82) is 0 Å². The molecule has 0 saturated carbocycles. The number of hydrogen-bond donors (Lipinski definition) is 1. The first-order chi connectivity index (χ1) is 6.95. The van der Waals surface area contributed by atoms with E-state index in [2.05, 4.69) is 0 Å². The first-order valence-electron chi connectivity index (χ1n) is 3.66. The average molecular weight is 211 g/mol. The van der Waals surface area contributed by atoms with E-state index in [0.717, 1.165) is 18.2 Å². The van der Waals surface area contributed by atoms with E-state index in [1.165, 1.54) is 0 Å².